The summed E-state index contributed by atoms with van der Waals surface area (Å²) >= 11 is 5.86. The first-order chi connectivity index (χ1) is 11.7. The highest BCUT2D eigenvalue weighted by Crippen LogP contribution is 2.20. The van der Waals surface area contributed by atoms with Crippen LogP contribution in [0.4, 0.5) is 10.5 Å². The lowest BCUT2D eigenvalue weighted by Crippen LogP contribution is -2.33. The van der Waals surface area contributed by atoms with Crippen molar-refractivity contribution in [2.75, 3.05) is 5.32 Å². The van der Waals surface area contributed by atoms with Gasteiger partial charge in [-0.05, 0) is 42.0 Å². The number of anilines is 1. The lowest BCUT2D eigenvalue weighted by atomic mass is 10.0. The molecule has 2 N–H and O–H groups in total. The fraction of sp³-hybridized carbons (Fsp3) is 0.0526. The van der Waals surface area contributed by atoms with E-state index in [2.05, 4.69) is 15.6 Å². The summed E-state index contributed by atoms with van der Waals surface area (Å²) in [6.07, 6.45) is 1.71. The molecule has 0 spiro atoms. The molecule has 1 heterocycles. The molecule has 120 valence electrons. The Morgan fingerprint density at radius 1 is 0.917 bits per heavy atom. The number of hydrogen-bond donors (Lipinski definition) is 2. The van der Waals surface area contributed by atoms with Crippen LogP contribution in [-0.4, -0.2) is 11.0 Å². The van der Waals surface area contributed by atoms with E-state index in [1.165, 1.54) is 0 Å². The number of pyridine rings is 1. The largest absolute Gasteiger partial charge is 0.325 e. The van der Waals surface area contributed by atoms with Crippen molar-refractivity contribution in [1.82, 2.24) is 10.3 Å². The summed E-state index contributed by atoms with van der Waals surface area (Å²) in [5.41, 5.74) is 2.40. The minimum atomic E-state index is -0.334. The number of rotatable bonds is 4. The molecule has 24 heavy (non-hydrogen) atoms. The summed E-state index contributed by atoms with van der Waals surface area (Å²) in [7, 11) is 0. The minimum Gasteiger partial charge on any atom is -0.325 e. The third-order valence-electron chi connectivity index (χ3n) is 3.49. The Bertz CT molecular complexity index is 752. The number of hydrogen-bond acceptors (Lipinski definition) is 2. The highest BCUT2D eigenvalue weighted by Gasteiger charge is 2.17. The molecule has 0 saturated carbocycles. The lowest BCUT2D eigenvalue weighted by Gasteiger charge is -2.19. The summed E-state index contributed by atoms with van der Waals surface area (Å²) in [6.45, 7) is 0. The van der Waals surface area contributed by atoms with Gasteiger partial charge in [0.05, 0.1) is 11.7 Å². The van der Waals surface area contributed by atoms with E-state index in [1.54, 1.807) is 30.5 Å². The van der Waals surface area contributed by atoms with Crippen molar-refractivity contribution in [1.29, 1.82) is 0 Å². The van der Waals surface area contributed by atoms with Gasteiger partial charge in [0.2, 0.25) is 0 Å². The first-order valence-corrected chi connectivity index (χ1v) is 7.89. The predicted molar refractivity (Wildman–Crippen MR) is 96.1 cm³/mol. The molecule has 0 radical (unpaired) electrons. The number of nitrogens with zero attached hydrogens (tertiary/aromatic N) is 1. The summed E-state index contributed by atoms with van der Waals surface area (Å²) in [6, 6.07) is 21.7. The molecule has 2 amide bonds. The Morgan fingerprint density at radius 2 is 1.62 bits per heavy atom. The minimum absolute atomic E-state index is 0.308. The Labute approximate surface area is 145 Å². The molecule has 3 rings (SSSR count). The number of carbonyl (C=O) groups excluding carboxylic acids is 1. The maximum absolute atomic E-state index is 12.4. The van der Waals surface area contributed by atoms with Gasteiger partial charge in [0.15, 0.2) is 0 Å². The van der Waals surface area contributed by atoms with E-state index in [0.29, 0.717) is 10.7 Å². The Kier molecular flexibility index (Phi) is 5.08. The van der Waals surface area contributed by atoms with Gasteiger partial charge < -0.3 is 10.6 Å². The second kappa shape index (κ2) is 7.62. The SMILES string of the molecule is O=C(Nc1ccc(Cl)cc1)N[C@H](c1ccccc1)c1ccccn1. The molecule has 0 aliphatic rings. The fourth-order valence-corrected chi connectivity index (χ4v) is 2.48. The number of benzene rings is 2. The third-order valence-corrected chi connectivity index (χ3v) is 3.75. The molecule has 4 nitrogen and oxygen atoms in total. The van der Waals surface area contributed by atoms with Crippen LogP contribution in [0.5, 0.6) is 0 Å². The van der Waals surface area contributed by atoms with Crippen LogP contribution < -0.4 is 10.6 Å². The predicted octanol–water partition coefficient (Wildman–Crippen LogP) is 4.65. The van der Waals surface area contributed by atoms with Gasteiger partial charge in [-0.2, -0.15) is 0 Å². The molecule has 0 bridgehead atoms. The molecular weight excluding hydrogens is 322 g/mol. The standard InChI is InChI=1S/C19H16ClN3O/c20-15-9-11-16(12-10-15)22-19(24)23-18(14-6-2-1-3-7-14)17-8-4-5-13-21-17/h1-13,18H,(H2,22,23,24)/t18-/m1/s1. The van der Waals surface area contributed by atoms with Crippen molar-refractivity contribution in [3.63, 3.8) is 0 Å². The molecule has 1 aromatic heterocycles. The van der Waals surface area contributed by atoms with Gasteiger partial charge in [-0.3, -0.25) is 4.98 Å². The van der Waals surface area contributed by atoms with E-state index in [-0.39, 0.29) is 12.1 Å². The zero-order valence-corrected chi connectivity index (χ0v) is 13.6. The summed E-state index contributed by atoms with van der Waals surface area (Å²) in [5.74, 6) is 0. The van der Waals surface area contributed by atoms with Crippen molar-refractivity contribution < 1.29 is 4.79 Å². The Morgan fingerprint density at radius 3 is 2.29 bits per heavy atom. The van der Waals surface area contributed by atoms with Gasteiger partial charge in [0, 0.05) is 16.9 Å². The average Bonchev–Trinajstić information content (AvgIpc) is 2.63. The maximum atomic E-state index is 12.4. The number of halogens is 1. The van der Waals surface area contributed by atoms with Crippen LogP contribution in [0.3, 0.4) is 0 Å². The number of amides is 2. The number of carbonyl (C=O) groups is 1. The number of nitrogens with one attached hydrogen (secondary N) is 2. The maximum Gasteiger partial charge on any atom is 0.320 e. The molecule has 0 aliphatic carbocycles. The van der Waals surface area contributed by atoms with Gasteiger partial charge in [-0.15, -0.1) is 0 Å². The molecule has 0 fully saturated rings. The molecule has 0 saturated heterocycles. The van der Waals surface area contributed by atoms with Crippen molar-refractivity contribution in [3.05, 3.63) is 95.3 Å². The van der Waals surface area contributed by atoms with Crippen LogP contribution in [0.25, 0.3) is 0 Å². The molecule has 3 aromatic rings. The van der Waals surface area contributed by atoms with E-state index >= 15 is 0 Å². The zero-order valence-electron chi connectivity index (χ0n) is 12.8. The van der Waals surface area contributed by atoms with Gasteiger partial charge in [-0.25, -0.2) is 4.79 Å². The van der Waals surface area contributed by atoms with Crippen LogP contribution in [-0.2, 0) is 0 Å². The average molecular weight is 338 g/mol. The Hall–Kier alpha value is -2.85. The quantitative estimate of drug-likeness (QED) is 0.728. The van der Waals surface area contributed by atoms with Crippen LogP contribution in [0.15, 0.2) is 79.0 Å². The van der Waals surface area contributed by atoms with Crippen LogP contribution in [0, 0.1) is 0 Å². The molecule has 1 atom stereocenters. The Balaban J connectivity index is 1.79. The molecule has 0 aliphatic heterocycles. The topological polar surface area (TPSA) is 54.0 Å². The smallest absolute Gasteiger partial charge is 0.320 e. The first kappa shape index (κ1) is 16.0. The molecule has 0 unspecified atom stereocenters. The number of urea groups is 1. The summed E-state index contributed by atoms with van der Waals surface area (Å²) < 4.78 is 0. The highest BCUT2D eigenvalue weighted by molar-refractivity contribution is 6.30. The van der Waals surface area contributed by atoms with E-state index in [1.807, 2.05) is 48.5 Å². The summed E-state index contributed by atoms with van der Waals surface area (Å²) in [4.78, 5) is 16.7. The van der Waals surface area contributed by atoms with Crippen LogP contribution in [0.2, 0.25) is 5.02 Å². The van der Waals surface area contributed by atoms with E-state index in [4.69, 9.17) is 11.6 Å². The van der Waals surface area contributed by atoms with Crippen molar-refractivity contribution in [2.45, 2.75) is 6.04 Å². The summed E-state index contributed by atoms with van der Waals surface area (Å²) in [5, 5.41) is 6.39. The van der Waals surface area contributed by atoms with Gasteiger partial charge in [0.25, 0.3) is 0 Å². The normalized spacial score (nSPS) is 11.5. The van der Waals surface area contributed by atoms with Crippen molar-refractivity contribution in [2.24, 2.45) is 0 Å². The van der Waals surface area contributed by atoms with Gasteiger partial charge in [-0.1, -0.05) is 48.0 Å². The third kappa shape index (κ3) is 4.12. The molecule has 2 aromatic carbocycles. The lowest BCUT2D eigenvalue weighted by molar-refractivity contribution is 0.250. The number of aromatic nitrogens is 1. The van der Waals surface area contributed by atoms with E-state index in [9.17, 15) is 4.79 Å². The van der Waals surface area contributed by atoms with Crippen LogP contribution >= 0.6 is 11.6 Å². The second-order valence-electron chi connectivity index (χ2n) is 5.20. The van der Waals surface area contributed by atoms with E-state index in [0.717, 1.165) is 11.3 Å². The first-order valence-electron chi connectivity index (χ1n) is 7.51. The molecule has 5 heteroatoms. The van der Waals surface area contributed by atoms with Gasteiger partial charge >= 0.3 is 6.03 Å². The highest BCUT2D eigenvalue weighted by atomic mass is 35.5. The van der Waals surface area contributed by atoms with Crippen molar-refractivity contribution in [3.8, 4) is 0 Å². The van der Waals surface area contributed by atoms with E-state index < -0.39 is 0 Å². The van der Waals surface area contributed by atoms with Crippen molar-refractivity contribution >= 4 is 23.3 Å². The second-order valence-corrected chi connectivity index (χ2v) is 5.64. The molecular formula is C19H16ClN3O. The van der Waals surface area contributed by atoms with Gasteiger partial charge in [0.1, 0.15) is 0 Å². The van der Waals surface area contributed by atoms with Crippen LogP contribution in [0.1, 0.15) is 17.3 Å². The fourth-order valence-electron chi connectivity index (χ4n) is 2.35. The zero-order chi connectivity index (χ0) is 16.8. The monoisotopic (exact) mass is 337 g/mol.